The molecule has 0 saturated carbocycles. The summed E-state index contributed by atoms with van der Waals surface area (Å²) in [6.07, 6.45) is 0.350. The van der Waals surface area contributed by atoms with E-state index in [-0.39, 0.29) is 11.7 Å². The highest BCUT2D eigenvalue weighted by atomic mass is 19.1. The molecular formula is C17H19FN2O. The largest absolute Gasteiger partial charge is 0.326 e. The third-order valence-corrected chi connectivity index (χ3v) is 3.09. The van der Waals surface area contributed by atoms with Gasteiger partial charge in [0.05, 0.1) is 0 Å². The minimum absolute atomic E-state index is 0.128. The van der Waals surface area contributed by atoms with E-state index in [0.29, 0.717) is 18.7 Å². The van der Waals surface area contributed by atoms with Gasteiger partial charge in [0.25, 0.3) is 0 Å². The Bertz CT molecular complexity index is 596. The second-order valence-electron chi connectivity index (χ2n) is 4.97. The number of benzene rings is 2. The Kier molecular flexibility index (Phi) is 5.46. The normalized spacial score (nSPS) is 10.4. The van der Waals surface area contributed by atoms with Gasteiger partial charge >= 0.3 is 0 Å². The Morgan fingerprint density at radius 3 is 2.62 bits per heavy atom. The van der Waals surface area contributed by atoms with Crippen LogP contribution in [0, 0.1) is 12.7 Å². The molecule has 110 valence electrons. The van der Waals surface area contributed by atoms with E-state index in [1.807, 2.05) is 6.92 Å². The van der Waals surface area contributed by atoms with Crippen molar-refractivity contribution in [2.24, 2.45) is 0 Å². The second kappa shape index (κ2) is 7.55. The number of nitrogens with one attached hydrogen (secondary N) is 2. The van der Waals surface area contributed by atoms with Crippen molar-refractivity contribution in [1.29, 1.82) is 0 Å². The molecule has 2 N–H and O–H groups in total. The lowest BCUT2D eigenvalue weighted by Gasteiger charge is -2.07. The van der Waals surface area contributed by atoms with E-state index in [0.717, 1.165) is 6.54 Å². The molecule has 0 atom stereocenters. The number of halogens is 1. The summed E-state index contributed by atoms with van der Waals surface area (Å²) in [6, 6.07) is 14.1. The van der Waals surface area contributed by atoms with Crippen molar-refractivity contribution in [3.63, 3.8) is 0 Å². The van der Waals surface area contributed by atoms with Gasteiger partial charge in [0.2, 0.25) is 5.91 Å². The van der Waals surface area contributed by atoms with E-state index in [9.17, 15) is 9.18 Å². The van der Waals surface area contributed by atoms with Crippen LogP contribution in [0.3, 0.4) is 0 Å². The van der Waals surface area contributed by atoms with E-state index in [2.05, 4.69) is 34.9 Å². The van der Waals surface area contributed by atoms with Crippen molar-refractivity contribution < 1.29 is 9.18 Å². The van der Waals surface area contributed by atoms with Crippen LogP contribution in [0.15, 0.2) is 48.5 Å². The minimum atomic E-state index is -0.356. The average molecular weight is 286 g/mol. The van der Waals surface area contributed by atoms with Crippen molar-refractivity contribution in [2.45, 2.75) is 19.9 Å². The van der Waals surface area contributed by atoms with Crippen molar-refractivity contribution in [3.8, 4) is 0 Å². The number of hydrogen-bond donors (Lipinski definition) is 2. The predicted molar refractivity (Wildman–Crippen MR) is 82.5 cm³/mol. The summed E-state index contributed by atoms with van der Waals surface area (Å²) in [5.74, 6) is -0.484. The van der Waals surface area contributed by atoms with Crippen molar-refractivity contribution in [3.05, 3.63) is 65.5 Å². The van der Waals surface area contributed by atoms with Gasteiger partial charge in [0, 0.05) is 25.2 Å². The summed E-state index contributed by atoms with van der Waals surface area (Å²) in [5.41, 5.74) is 2.90. The molecule has 0 heterocycles. The Labute approximate surface area is 124 Å². The fraction of sp³-hybridized carbons (Fsp3) is 0.235. The molecule has 0 radical (unpaired) electrons. The molecule has 0 spiro atoms. The molecule has 0 saturated heterocycles. The van der Waals surface area contributed by atoms with Crippen LogP contribution in [0.25, 0.3) is 0 Å². The fourth-order valence-electron chi connectivity index (χ4n) is 1.93. The van der Waals surface area contributed by atoms with Crippen molar-refractivity contribution in [2.75, 3.05) is 11.9 Å². The maximum absolute atomic E-state index is 13.0. The third-order valence-electron chi connectivity index (χ3n) is 3.09. The zero-order valence-electron chi connectivity index (χ0n) is 12.0. The van der Waals surface area contributed by atoms with Crippen LogP contribution < -0.4 is 10.6 Å². The highest BCUT2D eigenvalue weighted by Gasteiger charge is 2.02. The predicted octanol–water partition coefficient (Wildman–Crippen LogP) is 3.25. The topological polar surface area (TPSA) is 41.1 Å². The first-order chi connectivity index (χ1) is 10.1. The van der Waals surface area contributed by atoms with Crippen LogP contribution in [-0.4, -0.2) is 12.5 Å². The molecule has 0 fully saturated rings. The van der Waals surface area contributed by atoms with Gasteiger partial charge < -0.3 is 10.6 Å². The molecule has 0 aliphatic rings. The summed E-state index contributed by atoms with van der Waals surface area (Å²) in [5, 5.41) is 5.88. The summed E-state index contributed by atoms with van der Waals surface area (Å²) < 4.78 is 13.0. The lowest BCUT2D eigenvalue weighted by Crippen LogP contribution is -2.21. The number of hydrogen-bond acceptors (Lipinski definition) is 2. The number of amides is 1. The van der Waals surface area contributed by atoms with Crippen molar-refractivity contribution in [1.82, 2.24) is 5.32 Å². The van der Waals surface area contributed by atoms with Gasteiger partial charge in [-0.25, -0.2) is 4.39 Å². The molecular weight excluding hydrogens is 267 g/mol. The monoisotopic (exact) mass is 286 g/mol. The van der Waals surface area contributed by atoms with Gasteiger partial charge in [0.1, 0.15) is 5.82 Å². The summed E-state index contributed by atoms with van der Waals surface area (Å²) in [7, 11) is 0. The van der Waals surface area contributed by atoms with E-state index in [1.165, 1.54) is 23.3 Å². The smallest absolute Gasteiger partial charge is 0.225 e. The number of carbonyl (C=O) groups excluding carboxylic acids is 1. The quantitative estimate of drug-likeness (QED) is 0.800. The zero-order valence-corrected chi connectivity index (χ0v) is 12.0. The van der Waals surface area contributed by atoms with Gasteiger partial charge in [0.15, 0.2) is 0 Å². The second-order valence-corrected chi connectivity index (χ2v) is 4.97. The van der Waals surface area contributed by atoms with Gasteiger partial charge in [-0.3, -0.25) is 4.79 Å². The molecule has 2 aromatic carbocycles. The maximum atomic E-state index is 13.0. The Morgan fingerprint density at radius 2 is 1.90 bits per heavy atom. The zero-order chi connectivity index (χ0) is 15.1. The average Bonchev–Trinajstić information content (AvgIpc) is 2.45. The molecule has 0 unspecified atom stereocenters. The first-order valence-electron chi connectivity index (χ1n) is 6.95. The van der Waals surface area contributed by atoms with Crippen LogP contribution in [0.1, 0.15) is 17.5 Å². The number of aryl methyl sites for hydroxylation is 1. The van der Waals surface area contributed by atoms with Crippen LogP contribution in [0.2, 0.25) is 0 Å². The molecule has 0 aromatic heterocycles. The SMILES string of the molecule is Cc1ccc(CNCCC(=O)Nc2cccc(F)c2)cc1. The molecule has 1 amide bonds. The molecule has 2 rings (SSSR count). The van der Waals surface area contributed by atoms with Crippen LogP contribution >= 0.6 is 0 Å². The molecule has 0 aliphatic heterocycles. The van der Waals surface area contributed by atoms with Gasteiger partial charge in [-0.05, 0) is 30.7 Å². The molecule has 3 nitrogen and oxygen atoms in total. The minimum Gasteiger partial charge on any atom is -0.326 e. The molecule has 0 bridgehead atoms. The Balaban J connectivity index is 1.68. The van der Waals surface area contributed by atoms with Crippen LogP contribution in [0.4, 0.5) is 10.1 Å². The molecule has 0 aliphatic carbocycles. The maximum Gasteiger partial charge on any atom is 0.225 e. The summed E-state index contributed by atoms with van der Waals surface area (Å²) >= 11 is 0. The van der Waals surface area contributed by atoms with Crippen LogP contribution in [0.5, 0.6) is 0 Å². The van der Waals surface area contributed by atoms with Crippen LogP contribution in [-0.2, 0) is 11.3 Å². The summed E-state index contributed by atoms with van der Waals surface area (Å²) in [4.78, 5) is 11.7. The van der Waals surface area contributed by atoms with Crippen molar-refractivity contribution >= 4 is 11.6 Å². The first-order valence-corrected chi connectivity index (χ1v) is 6.95. The first kappa shape index (κ1) is 15.2. The number of carbonyl (C=O) groups is 1. The lowest BCUT2D eigenvalue weighted by atomic mass is 10.1. The van der Waals surface area contributed by atoms with Gasteiger partial charge in [-0.1, -0.05) is 35.9 Å². The highest BCUT2D eigenvalue weighted by Crippen LogP contribution is 2.09. The molecule has 4 heteroatoms. The van der Waals surface area contributed by atoms with Gasteiger partial charge in [-0.2, -0.15) is 0 Å². The van der Waals surface area contributed by atoms with Gasteiger partial charge in [-0.15, -0.1) is 0 Å². The standard InChI is InChI=1S/C17H19FN2O/c1-13-5-7-14(8-6-13)12-19-10-9-17(21)20-16-4-2-3-15(18)11-16/h2-8,11,19H,9-10,12H2,1H3,(H,20,21). The lowest BCUT2D eigenvalue weighted by molar-refractivity contribution is -0.116. The van der Waals surface area contributed by atoms with E-state index >= 15 is 0 Å². The summed E-state index contributed by atoms with van der Waals surface area (Å²) in [6.45, 7) is 3.36. The Hall–Kier alpha value is -2.20. The number of rotatable bonds is 6. The Morgan fingerprint density at radius 1 is 1.14 bits per heavy atom. The van der Waals surface area contributed by atoms with E-state index in [4.69, 9.17) is 0 Å². The van der Waals surface area contributed by atoms with E-state index in [1.54, 1.807) is 12.1 Å². The van der Waals surface area contributed by atoms with E-state index < -0.39 is 0 Å². The third kappa shape index (κ3) is 5.36. The molecule has 21 heavy (non-hydrogen) atoms. The molecule has 2 aromatic rings. The number of anilines is 1. The highest BCUT2D eigenvalue weighted by molar-refractivity contribution is 5.90. The fourth-order valence-corrected chi connectivity index (χ4v) is 1.93.